The van der Waals surface area contributed by atoms with Crippen molar-refractivity contribution in [1.29, 1.82) is 0 Å². The Bertz CT molecular complexity index is 1510. The summed E-state index contributed by atoms with van der Waals surface area (Å²) < 4.78 is 2.44. The van der Waals surface area contributed by atoms with Gasteiger partial charge in [-0.3, -0.25) is 14.8 Å². The summed E-state index contributed by atoms with van der Waals surface area (Å²) in [6.07, 6.45) is 3.46. The van der Waals surface area contributed by atoms with E-state index in [2.05, 4.69) is 36.2 Å². The number of hydrogen-bond acceptors (Lipinski definition) is 6. The third-order valence-corrected chi connectivity index (χ3v) is 5.89. The van der Waals surface area contributed by atoms with E-state index in [4.69, 9.17) is 5.10 Å². The van der Waals surface area contributed by atoms with E-state index in [1.165, 1.54) is 0 Å². The summed E-state index contributed by atoms with van der Waals surface area (Å²) in [6.45, 7) is 0. The maximum Gasteiger partial charge on any atom is 0.230 e. The van der Waals surface area contributed by atoms with Crippen molar-refractivity contribution >= 4 is 44.2 Å². The van der Waals surface area contributed by atoms with Crippen molar-refractivity contribution in [2.24, 2.45) is 0 Å². The minimum atomic E-state index is -0.148. The molecular weight excluding hydrogens is 506 g/mol. The van der Waals surface area contributed by atoms with Crippen molar-refractivity contribution in [3.05, 3.63) is 89.4 Å². The molecule has 0 unspecified atom stereocenters. The van der Waals surface area contributed by atoms with Gasteiger partial charge in [0.1, 0.15) is 4.60 Å². The number of nitrogens with zero attached hydrogens (tertiary/aromatic N) is 6. The molecule has 0 saturated carbocycles. The summed E-state index contributed by atoms with van der Waals surface area (Å²) in [5, 5.41) is 7.68. The number of pyridine rings is 1. The Kier molecular flexibility index (Phi) is 6.24. The van der Waals surface area contributed by atoms with Crippen LogP contribution in [0.15, 0.2) is 83.7 Å². The molecule has 5 aromatic rings. The van der Waals surface area contributed by atoms with E-state index in [1.54, 1.807) is 17.1 Å². The zero-order chi connectivity index (χ0) is 24.4. The van der Waals surface area contributed by atoms with Gasteiger partial charge in [-0.05, 0) is 70.5 Å². The lowest BCUT2D eigenvalue weighted by atomic mass is 10.1. The smallest absolute Gasteiger partial charge is 0.230 e. The predicted octanol–water partition coefficient (Wildman–Crippen LogP) is 4.89. The Balaban J connectivity index is 1.46. The molecule has 9 heteroatoms. The van der Waals surface area contributed by atoms with Crippen LogP contribution in [-0.4, -0.2) is 44.7 Å². The monoisotopic (exact) mass is 527 g/mol. The quantitative estimate of drug-likeness (QED) is 0.316. The minimum absolute atomic E-state index is 0.122. The fourth-order valence-electron chi connectivity index (χ4n) is 3.75. The number of amides is 1. The molecule has 0 aliphatic carbocycles. The number of carbonyl (C=O) groups is 1. The van der Waals surface area contributed by atoms with Crippen LogP contribution in [0.2, 0.25) is 0 Å². The number of halogens is 1. The zero-order valence-electron chi connectivity index (χ0n) is 19.2. The maximum absolute atomic E-state index is 12.8. The molecule has 174 valence electrons. The Morgan fingerprint density at radius 3 is 2.49 bits per heavy atom. The highest BCUT2D eigenvalue weighted by Crippen LogP contribution is 2.27. The van der Waals surface area contributed by atoms with Crippen LogP contribution in [0, 0.1) is 0 Å². The molecule has 0 spiro atoms. The number of hydrogen-bond donors (Lipinski definition) is 1. The number of nitrogens with one attached hydrogen (secondary N) is 1. The third-order valence-electron chi connectivity index (χ3n) is 5.45. The van der Waals surface area contributed by atoms with Crippen LogP contribution < -0.4 is 10.2 Å². The van der Waals surface area contributed by atoms with Crippen molar-refractivity contribution < 1.29 is 4.79 Å². The molecule has 0 atom stereocenters. The summed E-state index contributed by atoms with van der Waals surface area (Å²) in [6, 6.07) is 21.1. The number of aromatic nitrogens is 5. The molecule has 35 heavy (non-hydrogen) atoms. The first-order valence-corrected chi connectivity index (χ1v) is 11.8. The Hall–Kier alpha value is -4.11. The molecule has 1 amide bonds. The average Bonchev–Trinajstić information content (AvgIpc) is 3.27. The molecule has 0 saturated heterocycles. The lowest BCUT2D eigenvalue weighted by Gasteiger charge is -2.12. The van der Waals surface area contributed by atoms with Gasteiger partial charge in [-0.2, -0.15) is 5.10 Å². The lowest BCUT2D eigenvalue weighted by Crippen LogP contribution is -2.15. The summed E-state index contributed by atoms with van der Waals surface area (Å²) in [5.74, 6) is 0.491. The predicted molar refractivity (Wildman–Crippen MR) is 141 cm³/mol. The van der Waals surface area contributed by atoms with Crippen molar-refractivity contribution in [2.45, 2.75) is 6.42 Å². The first kappa shape index (κ1) is 22.7. The molecule has 0 fully saturated rings. The van der Waals surface area contributed by atoms with Crippen LogP contribution in [0.4, 0.5) is 11.4 Å². The van der Waals surface area contributed by atoms with Gasteiger partial charge in [-0.15, -0.1) is 0 Å². The fourth-order valence-corrected chi connectivity index (χ4v) is 4.08. The van der Waals surface area contributed by atoms with Gasteiger partial charge in [0, 0.05) is 43.4 Å². The highest BCUT2D eigenvalue weighted by atomic mass is 79.9. The second kappa shape index (κ2) is 9.63. The second-order valence-corrected chi connectivity index (χ2v) is 8.99. The summed E-state index contributed by atoms with van der Waals surface area (Å²) in [5.41, 5.74) is 5.72. The normalized spacial score (nSPS) is 10.9. The van der Waals surface area contributed by atoms with Crippen molar-refractivity contribution in [3.63, 3.8) is 0 Å². The number of carbonyl (C=O) groups excluding carboxylic acids is 1. The Labute approximate surface area is 210 Å². The summed E-state index contributed by atoms with van der Waals surface area (Å²) in [4.78, 5) is 28.1. The second-order valence-electron chi connectivity index (χ2n) is 8.18. The molecule has 0 aliphatic heterocycles. The summed E-state index contributed by atoms with van der Waals surface area (Å²) in [7, 11) is 3.95. The SMILES string of the molecule is CN(C)c1ccc(NC(=O)Cc2cc(-c3ccc4nccnc4c3)n(-c3cccc(Br)n3)n2)cc1. The molecule has 8 nitrogen and oxygen atoms in total. The first-order chi connectivity index (χ1) is 17.0. The fraction of sp³-hybridized carbons (Fsp3) is 0.115. The summed E-state index contributed by atoms with van der Waals surface area (Å²) >= 11 is 3.43. The van der Waals surface area contributed by atoms with E-state index in [-0.39, 0.29) is 12.3 Å². The van der Waals surface area contributed by atoms with E-state index in [0.717, 1.165) is 33.7 Å². The molecular formula is C26H22BrN7O. The highest BCUT2D eigenvalue weighted by molar-refractivity contribution is 9.10. The first-order valence-electron chi connectivity index (χ1n) is 11.0. The molecule has 3 aromatic heterocycles. The molecule has 0 bridgehead atoms. The number of anilines is 2. The molecule has 3 heterocycles. The van der Waals surface area contributed by atoms with Gasteiger partial charge >= 0.3 is 0 Å². The standard InChI is InChI=1S/C26H22BrN7O/c1-33(2)20-9-7-18(8-10-20)30-26(35)16-19-15-23(34(32-19)25-5-3-4-24(27)31-25)17-6-11-21-22(14-17)29-13-12-28-21/h3-15H,16H2,1-2H3,(H,30,35). The van der Waals surface area contributed by atoms with Gasteiger partial charge in [0.2, 0.25) is 5.91 Å². The van der Waals surface area contributed by atoms with Gasteiger partial charge in [0.25, 0.3) is 0 Å². The molecule has 1 N–H and O–H groups in total. The Morgan fingerprint density at radius 1 is 0.971 bits per heavy atom. The average molecular weight is 528 g/mol. The van der Waals surface area contributed by atoms with Gasteiger partial charge in [-0.1, -0.05) is 12.1 Å². The minimum Gasteiger partial charge on any atom is -0.378 e. The van der Waals surface area contributed by atoms with Crippen LogP contribution in [0.3, 0.4) is 0 Å². The van der Waals surface area contributed by atoms with Gasteiger partial charge < -0.3 is 10.2 Å². The largest absolute Gasteiger partial charge is 0.378 e. The van der Waals surface area contributed by atoms with Crippen LogP contribution in [0.25, 0.3) is 28.1 Å². The number of rotatable bonds is 6. The molecule has 0 radical (unpaired) electrons. The van der Waals surface area contributed by atoms with E-state index in [0.29, 0.717) is 16.1 Å². The van der Waals surface area contributed by atoms with E-state index >= 15 is 0 Å². The van der Waals surface area contributed by atoms with Crippen LogP contribution >= 0.6 is 15.9 Å². The number of benzene rings is 2. The topological polar surface area (TPSA) is 88.8 Å². The van der Waals surface area contributed by atoms with Crippen LogP contribution in [-0.2, 0) is 11.2 Å². The molecule has 5 rings (SSSR count). The maximum atomic E-state index is 12.8. The van der Waals surface area contributed by atoms with Crippen molar-refractivity contribution in [1.82, 2.24) is 24.7 Å². The van der Waals surface area contributed by atoms with Gasteiger partial charge in [0.05, 0.1) is 28.8 Å². The van der Waals surface area contributed by atoms with Crippen LogP contribution in [0.5, 0.6) is 0 Å². The third kappa shape index (κ3) is 5.04. The van der Waals surface area contributed by atoms with Gasteiger partial charge in [0.15, 0.2) is 5.82 Å². The molecule has 0 aliphatic rings. The lowest BCUT2D eigenvalue weighted by molar-refractivity contribution is -0.115. The van der Waals surface area contributed by atoms with Crippen molar-refractivity contribution in [3.8, 4) is 17.1 Å². The van der Waals surface area contributed by atoms with E-state index < -0.39 is 0 Å². The Morgan fingerprint density at radius 2 is 1.74 bits per heavy atom. The van der Waals surface area contributed by atoms with Crippen molar-refractivity contribution in [2.75, 3.05) is 24.3 Å². The van der Waals surface area contributed by atoms with Crippen LogP contribution in [0.1, 0.15) is 5.69 Å². The van der Waals surface area contributed by atoms with E-state index in [9.17, 15) is 4.79 Å². The highest BCUT2D eigenvalue weighted by Gasteiger charge is 2.16. The number of fused-ring (bicyclic) bond motifs is 1. The zero-order valence-corrected chi connectivity index (χ0v) is 20.8. The van der Waals surface area contributed by atoms with E-state index in [1.807, 2.05) is 85.7 Å². The van der Waals surface area contributed by atoms with Gasteiger partial charge in [-0.25, -0.2) is 9.67 Å². The molecule has 2 aromatic carbocycles.